The van der Waals surface area contributed by atoms with E-state index in [9.17, 15) is 4.79 Å². The Morgan fingerprint density at radius 2 is 2.33 bits per heavy atom. The van der Waals surface area contributed by atoms with Crippen molar-refractivity contribution in [1.82, 2.24) is 9.78 Å². The van der Waals surface area contributed by atoms with E-state index in [1.54, 1.807) is 12.3 Å². The first-order valence-corrected chi connectivity index (χ1v) is 5.08. The van der Waals surface area contributed by atoms with Gasteiger partial charge in [-0.25, -0.2) is 4.68 Å². The summed E-state index contributed by atoms with van der Waals surface area (Å²) >= 11 is 0. The molecule has 1 atom stereocenters. The molecule has 0 aliphatic heterocycles. The van der Waals surface area contributed by atoms with E-state index < -0.39 is 0 Å². The molecule has 84 valence electrons. The Hall–Kier alpha value is -1.36. The van der Waals surface area contributed by atoms with Gasteiger partial charge in [0.2, 0.25) is 0 Å². The van der Waals surface area contributed by atoms with Gasteiger partial charge in [-0.3, -0.25) is 4.79 Å². The highest BCUT2D eigenvalue weighted by Gasteiger charge is 2.04. The maximum atomic E-state index is 11.6. The maximum absolute atomic E-state index is 11.6. The van der Waals surface area contributed by atoms with Gasteiger partial charge >= 0.3 is 0 Å². The van der Waals surface area contributed by atoms with E-state index in [0.717, 1.165) is 12.2 Å². The second kappa shape index (κ2) is 4.93. The lowest BCUT2D eigenvalue weighted by atomic mass is 10.3. The quantitative estimate of drug-likeness (QED) is 0.762. The molecule has 0 bridgehead atoms. The van der Waals surface area contributed by atoms with Crippen molar-refractivity contribution in [3.63, 3.8) is 0 Å². The smallest absolute Gasteiger partial charge is 0.268 e. The molecule has 15 heavy (non-hydrogen) atoms. The van der Waals surface area contributed by atoms with E-state index in [4.69, 9.17) is 5.73 Å². The molecule has 0 aliphatic carbocycles. The van der Waals surface area contributed by atoms with Gasteiger partial charge < -0.3 is 10.6 Å². The molecule has 0 fully saturated rings. The fourth-order valence-corrected chi connectivity index (χ4v) is 1.23. The van der Waals surface area contributed by atoms with Crippen LogP contribution in [-0.4, -0.2) is 29.4 Å². The third-order valence-corrected chi connectivity index (χ3v) is 2.23. The largest absolute Gasteiger partial charge is 0.373 e. The third-order valence-electron chi connectivity index (χ3n) is 2.23. The maximum Gasteiger partial charge on any atom is 0.268 e. The molecular formula is C10H18N4O. The molecule has 0 aromatic carbocycles. The Bertz CT molecular complexity index is 372. The van der Waals surface area contributed by atoms with Crippen molar-refractivity contribution in [1.29, 1.82) is 0 Å². The summed E-state index contributed by atoms with van der Waals surface area (Å²) in [5.74, 6) is 0. The van der Waals surface area contributed by atoms with Crippen LogP contribution in [0.15, 0.2) is 17.1 Å². The fraction of sp³-hybridized carbons (Fsp3) is 0.600. The monoisotopic (exact) mass is 210 g/mol. The average Bonchev–Trinajstić information content (AvgIpc) is 2.19. The van der Waals surface area contributed by atoms with E-state index in [-0.39, 0.29) is 11.6 Å². The van der Waals surface area contributed by atoms with Crippen LogP contribution in [-0.2, 0) is 6.54 Å². The van der Waals surface area contributed by atoms with Gasteiger partial charge in [0.25, 0.3) is 5.56 Å². The molecule has 1 rings (SSSR count). The first-order valence-electron chi connectivity index (χ1n) is 5.08. The summed E-state index contributed by atoms with van der Waals surface area (Å²) in [6.07, 6.45) is 1.69. The van der Waals surface area contributed by atoms with Crippen molar-refractivity contribution in [2.45, 2.75) is 26.4 Å². The summed E-state index contributed by atoms with van der Waals surface area (Å²) in [5.41, 5.74) is 6.34. The predicted molar refractivity (Wildman–Crippen MR) is 61.1 cm³/mol. The fourth-order valence-electron chi connectivity index (χ4n) is 1.23. The molecule has 0 radical (unpaired) electrons. The Kier molecular flexibility index (Phi) is 3.85. The van der Waals surface area contributed by atoms with Crippen LogP contribution >= 0.6 is 0 Å². The average molecular weight is 210 g/mol. The molecule has 5 nitrogen and oxygen atoms in total. The minimum absolute atomic E-state index is 0.0649. The predicted octanol–water partition coefficient (Wildman–Crippen LogP) is 0.0466. The highest BCUT2D eigenvalue weighted by atomic mass is 16.1. The summed E-state index contributed by atoms with van der Waals surface area (Å²) in [6, 6.07) is 1.52. The molecule has 0 aliphatic rings. The van der Waals surface area contributed by atoms with Crippen LogP contribution in [0, 0.1) is 0 Å². The number of rotatable bonds is 4. The summed E-state index contributed by atoms with van der Waals surface area (Å²) in [4.78, 5) is 13.6. The Labute approximate surface area is 89.5 Å². The van der Waals surface area contributed by atoms with Crippen molar-refractivity contribution in [2.24, 2.45) is 5.73 Å². The Morgan fingerprint density at radius 3 is 2.80 bits per heavy atom. The molecule has 0 saturated heterocycles. The Morgan fingerprint density at radius 1 is 1.67 bits per heavy atom. The van der Waals surface area contributed by atoms with E-state index in [1.807, 2.05) is 25.8 Å². The number of hydrogen-bond donors (Lipinski definition) is 1. The van der Waals surface area contributed by atoms with Crippen molar-refractivity contribution in [2.75, 3.05) is 18.5 Å². The van der Waals surface area contributed by atoms with Crippen LogP contribution in [0.4, 0.5) is 5.69 Å². The highest BCUT2D eigenvalue weighted by Crippen LogP contribution is 2.05. The molecule has 1 heterocycles. The van der Waals surface area contributed by atoms with E-state index >= 15 is 0 Å². The molecule has 0 amide bonds. The number of nitrogens with zero attached hydrogens (tertiary/aromatic N) is 3. The minimum Gasteiger partial charge on any atom is -0.373 e. The minimum atomic E-state index is -0.106. The lowest BCUT2D eigenvalue weighted by molar-refractivity contribution is 0.513. The van der Waals surface area contributed by atoms with Crippen molar-refractivity contribution >= 4 is 5.69 Å². The van der Waals surface area contributed by atoms with Gasteiger partial charge in [0, 0.05) is 25.7 Å². The van der Waals surface area contributed by atoms with Gasteiger partial charge in [0.15, 0.2) is 0 Å². The molecule has 1 unspecified atom stereocenters. The van der Waals surface area contributed by atoms with Gasteiger partial charge in [-0.2, -0.15) is 5.10 Å². The molecule has 0 saturated carbocycles. The zero-order valence-corrected chi connectivity index (χ0v) is 9.47. The van der Waals surface area contributed by atoms with Gasteiger partial charge in [-0.05, 0) is 13.8 Å². The normalized spacial score (nSPS) is 12.5. The zero-order chi connectivity index (χ0) is 11.4. The van der Waals surface area contributed by atoms with Crippen LogP contribution in [0.25, 0.3) is 0 Å². The van der Waals surface area contributed by atoms with Gasteiger partial charge in [-0.15, -0.1) is 0 Å². The lowest BCUT2D eigenvalue weighted by Gasteiger charge is -2.16. The van der Waals surface area contributed by atoms with Crippen molar-refractivity contribution < 1.29 is 0 Å². The Balaban J connectivity index is 2.93. The number of aromatic nitrogens is 2. The van der Waals surface area contributed by atoms with Gasteiger partial charge in [0.1, 0.15) is 0 Å². The molecule has 5 heteroatoms. The van der Waals surface area contributed by atoms with Crippen LogP contribution in [0.5, 0.6) is 0 Å². The van der Waals surface area contributed by atoms with Gasteiger partial charge in [0.05, 0.1) is 18.4 Å². The lowest BCUT2D eigenvalue weighted by Crippen LogP contribution is -2.32. The first-order chi connectivity index (χ1) is 7.04. The number of anilines is 1. The van der Waals surface area contributed by atoms with Crippen LogP contribution in [0.2, 0.25) is 0 Å². The van der Waals surface area contributed by atoms with Crippen LogP contribution in [0.1, 0.15) is 13.8 Å². The van der Waals surface area contributed by atoms with Crippen LogP contribution < -0.4 is 16.2 Å². The molecule has 0 spiro atoms. The van der Waals surface area contributed by atoms with Crippen molar-refractivity contribution in [3.05, 3.63) is 22.6 Å². The van der Waals surface area contributed by atoms with E-state index in [0.29, 0.717) is 6.54 Å². The second-order valence-electron chi connectivity index (χ2n) is 3.73. The second-order valence-corrected chi connectivity index (χ2v) is 3.73. The molecule has 1 aromatic rings. The number of hydrogen-bond acceptors (Lipinski definition) is 4. The molecule has 1 aromatic heterocycles. The summed E-state index contributed by atoms with van der Waals surface area (Å²) in [5, 5.41) is 4.07. The summed E-state index contributed by atoms with van der Waals surface area (Å²) < 4.78 is 1.39. The highest BCUT2D eigenvalue weighted by molar-refractivity contribution is 5.41. The van der Waals surface area contributed by atoms with Crippen molar-refractivity contribution in [3.8, 4) is 0 Å². The van der Waals surface area contributed by atoms with Gasteiger partial charge in [-0.1, -0.05) is 0 Å². The molecular weight excluding hydrogens is 192 g/mol. The zero-order valence-electron chi connectivity index (χ0n) is 9.47. The summed E-state index contributed by atoms with van der Waals surface area (Å²) in [7, 11) is 1.92. The topological polar surface area (TPSA) is 64.2 Å². The first kappa shape index (κ1) is 11.7. The van der Waals surface area contributed by atoms with Crippen LogP contribution in [0.3, 0.4) is 0 Å². The van der Waals surface area contributed by atoms with E-state index in [1.165, 1.54) is 4.68 Å². The van der Waals surface area contributed by atoms with E-state index in [2.05, 4.69) is 5.10 Å². The summed E-state index contributed by atoms with van der Waals surface area (Å²) in [6.45, 7) is 5.17. The third kappa shape index (κ3) is 3.06. The molecule has 2 N–H and O–H groups in total. The number of nitrogens with two attached hydrogens (primary N) is 1. The standard InChI is InChI=1S/C10H18N4O/c1-4-13(3)9-5-10(15)14(12-6-9)7-8(2)11/h5-6,8H,4,7,11H2,1-3H3. The SMILES string of the molecule is CCN(C)c1cnn(CC(C)N)c(=O)c1.